The molecule has 2 aromatic heterocycles. The Balaban J connectivity index is 1.38. The smallest absolute Gasteiger partial charge is 0.262 e. The van der Waals surface area contributed by atoms with E-state index in [-0.39, 0.29) is 35.8 Å². The molecule has 1 aliphatic heterocycles. The molecule has 202 valence electrons. The third-order valence-corrected chi connectivity index (χ3v) is 7.57. The van der Waals surface area contributed by atoms with E-state index in [1.54, 1.807) is 48.5 Å². The van der Waals surface area contributed by atoms with Crippen LogP contribution in [0.15, 0.2) is 81.3 Å². The Morgan fingerprint density at radius 1 is 1.15 bits per heavy atom. The standard InChI is InChI=1S/C29H30N4O5S/c1-32(17-20-7-3-2-4-8-20)26(34)19-39-29-31-25-15-21(27(35)30-16-22-9-5-13-37-22)11-12-24(25)28(36)33(29)18-23-10-6-14-38-23/h2-4,6-8,10-12,14-15,22H,5,9,13,16-19H2,1H3,(H,30,35). The van der Waals surface area contributed by atoms with Crippen molar-refractivity contribution < 1.29 is 18.7 Å². The fourth-order valence-electron chi connectivity index (χ4n) is 4.45. The van der Waals surface area contributed by atoms with Crippen molar-refractivity contribution in [3.63, 3.8) is 0 Å². The van der Waals surface area contributed by atoms with Gasteiger partial charge in [-0.2, -0.15) is 0 Å². The number of carbonyl (C=O) groups excluding carboxylic acids is 2. The van der Waals surface area contributed by atoms with Crippen molar-refractivity contribution in [1.82, 2.24) is 19.8 Å². The van der Waals surface area contributed by atoms with Gasteiger partial charge in [0, 0.05) is 32.3 Å². The van der Waals surface area contributed by atoms with Gasteiger partial charge >= 0.3 is 0 Å². The number of thioether (sulfide) groups is 1. The summed E-state index contributed by atoms with van der Waals surface area (Å²) in [5, 5.41) is 3.67. The van der Waals surface area contributed by atoms with Gasteiger partial charge in [-0.3, -0.25) is 19.0 Å². The number of benzene rings is 2. The van der Waals surface area contributed by atoms with Crippen LogP contribution in [0.5, 0.6) is 0 Å². The normalized spacial score (nSPS) is 14.9. The first-order chi connectivity index (χ1) is 19.0. The molecule has 1 atom stereocenters. The molecule has 4 aromatic rings. The van der Waals surface area contributed by atoms with Gasteiger partial charge in [0.25, 0.3) is 11.5 Å². The number of hydrogen-bond acceptors (Lipinski definition) is 7. The van der Waals surface area contributed by atoms with Crippen LogP contribution < -0.4 is 10.9 Å². The zero-order valence-electron chi connectivity index (χ0n) is 21.7. The first kappa shape index (κ1) is 26.7. The minimum Gasteiger partial charge on any atom is -0.467 e. The SMILES string of the molecule is CN(Cc1ccccc1)C(=O)CSc1nc2cc(C(=O)NCC3CCCO3)ccc2c(=O)n1Cc1ccco1. The monoisotopic (exact) mass is 546 g/mol. The molecule has 1 N–H and O–H groups in total. The lowest BCUT2D eigenvalue weighted by Gasteiger charge is -2.18. The molecule has 2 amide bonds. The average molecular weight is 547 g/mol. The van der Waals surface area contributed by atoms with E-state index in [1.165, 1.54) is 16.3 Å². The zero-order valence-corrected chi connectivity index (χ0v) is 22.5. The lowest BCUT2D eigenvalue weighted by atomic mass is 10.1. The van der Waals surface area contributed by atoms with Gasteiger partial charge in [-0.1, -0.05) is 42.1 Å². The first-order valence-electron chi connectivity index (χ1n) is 12.9. The Bertz CT molecular complexity index is 1500. The highest BCUT2D eigenvalue weighted by molar-refractivity contribution is 7.99. The van der Waals surface area contributed by atoms with Crippen LogP contribution >= 0.6 is 11.8 Å². The molecule has 5 rings (SSSR count). The minimum absolute atomic E-state index is 0.0295. The van der Waals surface area contributed by atoms with Crippen molar-refractivity contribution in [3.05, 3.63) is 94.2 Å². The first-order valence-corrected chi connectivity index (χ1v) is 13.8. The molecule has 39 heavy (non-hydrogen) atoms. The third-order valence-electron chi connectivity index (χ3n) is 6.60. The van der Waals surface area contributed by atoms with E-state index in [4.69, 9.17) is 14.1 Å². The van der Waals surface area contributed by atoms with E-state index < -0.39 is 0 Å². The maximum atomic E-state index is 13.5. The lowest BCUT2D eigenvalue weighted by molar-refractivity contribution is -0.127. The molecule has 1 fully saturated rings. The van der Waals surface area contributed by atoms with Gasteiger partial charge in [0.05, 0.1) is 35.6 Å². The highest BCUT2D eigenvalue weighted by Gasteiger charge is 2.19. The summed E-state index contributed by atoms with van der Waals surface area (Å²) in [5.74, 6) is 0.352. The molecule has 0 radical (unpaired) electrons. The summed E-state index contributed by atoms with van der Waals surface area (Å²) in [7, 11) is 1.75. The highest BCUT2D eigenvalue weighted by atomic mass is 32.2. The van der Waals surface area contributed by atoms with Gasteiger partial charge in [-0.25, -0.2) is 4.98 Å². The Labute approximate surface area is 230 Å². The van der Waals surface area contributed by atoms with E-state index >= 15 is 0 Å². The van der Waals surface area contributed by atoms with E-state index in [9.17, 15) is 14.4 Å². The number of aromatic nitrogens is 2. The summed E-state index contributed by atoms with van der Waals surface area (Å²) in [6, 6.07) is 18.2. The molecule has 0 saturated carbocycles. The zero-order chi connectivity index (χ0) is 27.2. The summed E-state index contributed by atoms with van der Waals surface area (Å²) in [4.78, 5) is 45.6. The lowest BCUT2D eigenvalue weighted by Crippen LogP contribution is -2.32. The predicted molar refractivity (Wildman–Crippen MR) is 149 cm³/mol. The van der Waals surface area contributed by atoms with Crippen LogP contribution in [0.2, 0.25) is 0 Å². The molecule has 3 heterocycles. The largest absolute Gasteiger partial charge is 0.467 e. The molecule has 0 bridgehead atoms. The molecule has 1 aliphatic rings. The number of hydrogen-bond donors (Lipinski definition) is 1. The number of ether oxygens (including phenoxy) is 1. The Hall–Kier alpha value is -3.89. The van der Waals surface area contributed by atoms with Gasteiger partial charge in [0.2, 0.25) is 5.91 Å². The number of rotatable bonds is 10. The van der Waals surface area contributed by atoms with Gasteiger partial charge in [0.1, 0.15) is 5.76 Å². The van der Waals surface area contributed by atoms with Crippen molar-refractivity contribution in [2.75, 3.05) is 26.0 Å². The number of amides is 2. The van der Waals surface area contributed by atoms with Gasteiger partial charge in [-0.15, -0.1) is 0 Å². The van der Waals surface area contributed by atoms with Gasteiger partial charge in [0.15, 0.2) is 5.16 Å². The second-order valence-corrected chi connectivity index (χ2v) is 10.4. The molecule has 0 spiro atoms. The topological polar surface area (TPSA) is 107 Å². The fraction of sp³-hybridized carbons (Fsp3) is 0.310. The quantitative estimate of drug-likeness (QED) is 0.239. The molecule has 0 aliphatic carbocycles. The van der Waals surface area contributed by atoms with Crippen LogP contribution in [0.3, 0.4) is 0 Å². The molecular formula is C29H30N4O5S. The number of nitrogens with zero attached hydrogens (tertiary/aromatic N) is 3. The van der Waals surface area contributed by atoms with Crippen molar-refractivity contribution in [2.45, 2.75) is 37.2 Å². The number of fused-ring (bicyclic) bond motifs is 1. The third kappa shape index (κ3) is 6.58. The molecule has 1 saturated heterocycles. The molecule has 2 aromatic carbocycles. The maximum Gasteiger partial charge on any atom is 0.262 e. The van der Waals surface area contributed by atoms with Crippen LogP contribution in [-0.4, -0.2) is 58.3 Å². The van der Waals surface area contributed by atoms with Crippen LogP contribution in [0, 0.1) is 0 Å². The van der Waals surface area contributed by atoms with E-state index in [2.05, 4.69) is 5.32 Å². The number of furan rings is 1. The Morgan fingerprint density at radius 2 is 2.00 bits per heavy atom. The van der Waals surface area contributed by atoms with Crippen LogP contribution in [0.25, 0.3) is 10.9 Å². The molecule has 1 unspecified atom stereocenters. The van der Waals surface area contributed by atoms with Crippen molar-refractivity contribution in [1.29, 1.82) is 0 Å². The molecular weight excluding hydrogens is 516 g/mol. The van der Waals surface area contributed by atoms with Crippen LogP contribution in [0.4, 0.5) is 0 Å². The fourth-order valence-corrected chi connectivity index (χ4v) is 5.38. The molecule has 9 nitrogen and oxygen atoms in total. The van der Waals surface area contributed by atoms with E-state index in [1.807, 2.05) is 30.3 Å². The summed E-state index contributed by atoms with van der Waals surface area (Å²) in [6.07, 6.45) is 3.50. The van der Waals surface area contributed by atoms with E-state index in [0.29, 0.717) is 40.5 Å². The summed E-state index contributed by atoms with van der Waals surface area (Å²) < 4.78 is 12.6. The minimum atomic E-state index is -0.268. The second-order valence-electron chi connectivity index (χ2n) is 9.47. The van der Waals surface area contributed by atoms with Crippen LogP contribution in [0.1, 0.15) is 34.5 Å². The summed E-state index contributed by atoms with van der Waals surface area (Å²) in [6.45, 7) is 1.81. The summed E-state index contributed by atoms with van der Waals surface area (Å²) >= 11 is 1.19. The average Bonchev–Trinajstić information content (AvgIpc) is 3.67. The number of carbonyl (C=O) groups is 2. The van der Waals surface area contributed by atoms with Crippen molar-refractivity contribution in [2.24, 2.45) is 0 Å². The van der Waals surface area contributed by atoms with E-state index in [0.717, 1.165) is 25.0 Å². The van der Waals surface area contributed by atoms with Gasteiger partial charge in [-0.05, 0) is 48.7 Å². The second kappa shape index (κ2) is 12.3. The van der Waals surface area contributed by atoms with Crippen molar-refractivity contribution in [3.8, 4) is 0 Å². The molecule has 10 heteroatoms. The van der Waals surface area contributed by atoms with Gasteiger partial charge < -0.3 is 19.4 Å². The Morgan fingerprint density at radius 3 is 2.74 bits per heavy atom. The Kier molecular flexibility index (Phi) is 8.43. The van der Waals surface area contributed by atoms with Crippen LogP contribution in [-0.2, 0) is 22.6 Å². The number of nitrogens with one attached hydrogen (secondary N) is 1. The van der Waals surface area contributed by atoms with Crippen molar-refractivity contribution >= 4 is 34.5 Å². The maximum absolute atomic E-state index is 13.5. The predicted octanol–water partition coefficient (Wildman–Crippen LogP) is 3.70. The highest BCUT2D eigenvalue weighted by Crippen LogP contribution is 2.21. The summed E-state index contributed by atoms with van der Waals surface area (Å²) in [5.41, 5.74) is 1.57.